The average Bonchev–Trinajstić information content (AvgIpc) is 2.67. The fourth-order valence-electron chi connectivity index (χ4n) is 3.00. The van der Waals surface area contributed by atoms with Crippen molar-refractivity contribution in [3.8, 4) is 23.1 Å². The number of nitrogens with zero attached hydrogens (tertiary/aromatic N) is 4. The highest BCUT2D eigenvalue weighted by molar-refractivity contribution is 7.91. The standard InChI is InChI=1S/C22H26N4O4S/c1-13(2)31(28,29)12-19-23-20(17-10-16(5)21(27)26(6)11-17)25-22(24-19)30-18-8-7-14(3)9-15(18)4/h7-11,13H,12H2,1-6H3. The van der Waals surface area contributed by atoms with Crippen LogP contribution in [0.5, 0.6) is 11.8 Å². The van der Waals surface area contributed by atoms with Gasteiger partial charge in [-0.1, -0.05) is 17.7 Å². The van der Waals surface area contributed by atoms with E-state index in [1.165, 1.54) is 4.57 Å². The van der Waals surface area contributed by atoms with Crippen LogP contribution in [-0.2, 0) is 22.6 Å². The minimum Gasteiger partial charge on any atom is -0.424 e. The molecule has 3 aromatic rings. The second-order valence-corrected chi connectivity index (χ2v) is 10.5. The molecule has 1 aromatic carbocycles. The maximum atomic E-state index is 12.5. The third-order valence-electron chi connectivity index (χ3n) is 4.86. The number of sulfone groups is 1. The van der Waals surface area contributed by atoms with E-state index in [4.69, 9.17) is 4.74 Å². The second kappa shape index (κ2) is 8.58. The van der Waals surface area contributed by atoms with E-state index >= 15 is 0 Å². The lowest BCUT2D eigenvalue weighted by Crippen LogP contribution is -2.20. The summed E-state index contributed by atoms with van der Waals surface area (Å²) in [5, 5.41) is -0.573. The summed E-state index contributed by atoms with van der Waals surface area (Å²) in [6.45, 7) is 8.81. The molecular formula is C22H26N4O4S. The summed E-state index contributed by atoms with van der Waals surface area (Å²) in [5.41, 5.74) is 2.94. The van der Waals surface area contributed by atoms with Crippen LogP contribution in [0.4, 0.5) is 0 Å². The predicted molar refractivity (Wildman–Crippen MR) is 119 cm³/mol. The Labute approximate surface area is 181 Å². The molecule has 2 aromatic heterocycles. The first-order chi connectivity index (χ1) is 14.5. The van der Waals surface area contributed by atoms with Crippen LogP contribution in [-0.4, -0.2) is 33.2 Å². The van der Waals surface area contributed by atoms with Crippen molar-refractivity contribution in [1.29, 1.82) is 0 Å². The van der Waals surface area contributed by atoms with Crippen LogP contribution in [0.2, 0.25) is 0 Å². The highest BCUT2D eigenvalue weighted by atomic mass is 32.2. The molecule has 0 fully saturated rings. The maximum absolute atomic E-state index is 12.5. The maximum Gasteiger partial charge on any atom is 0.325 e. The number of hydrogen-bond acceptors (Lipinski definition) is 7. The molecule has 8 nitrogen and oxygen atoms in total. The lowest BCUT2D eigenvalue weighted by Gasteiger charge is -2.12. The molecule has 0 N–H and O–H groups in total. The summed E-state index contributed by atoms with van der Waals surface area (Å²) >= 11 is 0. The molecule has 9 heteroatoms. The molecule has 0 spiro atoms. The van der Waals surface area contributed by atoms with Crippen LogP contribution in [0.1, 0.15) is 36.4 Å². The van der Waals surface area contributed by atoms with Gasteiger partial charge in [0.2, 0.25) is 0 Å². The summed E-state index contributed by atoms with van der Waals surface area (Å²) in [6.07, 6.45) is 1.60. The normalized spacial score (nSPS) is 11.7. The third kappa shape index (κ3) is 5.16. The van der Waals surface area contributed by atoms with Crippen molar-refractivity contribution in [2.75, 3.05) is 0 Å². The number of ether oxygens (including phenoxy) is 1. The van der Waals surface area contributed by atoms with E-state index in [1.807, 2.05) is 32.0 Å². The van der Waals surface area contributed by atoms with Gasteiger partial charge in [-0.25, -0.2) is 13.4 Å². The first-order valence-corrected chi connectivity index (χ1v) is 11.6. The molecule has 31 heavy (non-hydrogen) atoms. The fourth-order valence-corrected chi connectivity index (χ4v) is 3.82. The molecule has 0 saturated carbocycles. The van der Waals surface area contributed by atoms with Gasteiger partial charge in [0.1, 0.15) is 11.5 Å². The summed E-state index contributed by atoms with van der Waals surface area (Å²) in [6, 6.07) is 7.36. The van der Waals surface area contributed by atoms with E-state index in [-0.39, 0.29) is 29.0 Å². The Morgan fingerprint density at radius 1 is 1.03 bits per heavy atom. The minimum atomic E-state index is -3.44. The smallest absolute Gasteiger partial charge is 0.325 e. The molecule has 0 aliphatic rings. The van der Waals surface area contributed by atoms with Crippen LogP contribution < -0.4 is 10.3 Å². The zero-order chi connectivity index (χ0) is 22.9. The van der Waals surface area contributed by atoms with Crippen LogP contribution in [0.25, 0.3) is 11.4 Å². The molecule has 0 unspecified atom stereocenters. The number of rotatable bonds is 6. The van der Waals surface area contributed by atoms with Crippen molar-refractivity contribution < 1.29 is 13.2 Å². The van der Waals surface area contributed by atoms with Gasteiger partial charge in [-0.15, -0.1) is 0 Å². The van der Waals surface area contributed by atoms with Crippen molar-refractivity contribution in [2.24, 2.45) is 7.05 Å². The third-order valence-corrected chi connectivity index (χ3v) is 6.96. The molecular weight excluding hydrogens is 416 g/mol. The minimum absolute atomic E-state index is 0.00239. The molecule has 0 radical (unpaired) electrons. The van der Waals surface area contributed by atoms with Gasteiger partial charge in [-0.3, -0.25) is 4.79 Å². The lowest BCUT2D eigenvalue weighted by atomic mass is 10.1. The van der Waals surface area contributed by atoms with E-state index in [0.717, 1.165) is 11.1 Å². The number of aryl methyl sites for hydroxylation is 4. The van der Waals surface area contributed by atoms with E-state index in [1.54, 1.807) is 40.1 Å². The van der Waals surface area contributed by atoms with Gasteiger partial charge in [0.05, 0.1) is 5.25 Å². The summed E-state index contributed by atoms with van der Waals surface area (Å²) in [7, 11) is -1.80. The number of benzene rings is 1. The average molecular weight is 443 g/mol. The summed E-state index contributed by atoms with van der Waals surface area (Å²) < 4.78 is 32.3. The molecule has 0 aliphatic heterocycles. The van der Waals surface area contributed by atoms with E-state index in [2.05, 4.69) is 15.0 Å². The van der Waals surface area contributed by atoms with Crippen molar-refractivity contribution in [3.63, 3.8) is 0 Å². The zero-order valence-electron chi connectivity index (χ0n) is 18.5. The van der Waals surface area contributed by atoms with E-state index in [9.17, 15) is 13.2 Å². The van der Waals surface area contributed by atoms with Crippen molar-refractivity contribution in [2.45, 2.75) is 45.6 Å². The quantitative estimate of drug-likeness (QED) is 0.577. The number of hydrogen-bond donors (Lipinski definition) is 0. The van der Waals surface area contributed by atoms with Gasteiger partial charge in [-0.2, -0.15) is 9.97 Å². The van der Waals surface area contributed by atoms with Crippen LogP contribution in [0.3, 0.4) is 0 Å². The van der Waals surface area contributed by atoms with Crippen LogP contribution in [0, 0.1) is 20.8 Å². The van der Waals surface area contributed by atoms with Gasteiger partial charge in [0.25, 0.3) is 5.56 Å². The summed E-state index contributed by atoms with van der Waals surface area (Å²) in [4.78, 5) is 25.1. The fraction of sp³-hybridized carbons (Fsp3) is 0.364. The summed E-state index contributed by atoms with van der Waals surface area (Å²) in [5.74, 6) is 0.554. The topological polar surface area (TPSA) is 104 Å². The Morgan fingerprint density at radius 2 is 1.74 bits per heavy atom. The second-order valence-electron chi connectivity index (χ2n) is 7.91. The first-order valence-electron chi connectivity index (χ1n) is 9.85. The van der Waals surface area contributed by atoms with Gasteiger partial charge in [0.15, 0.2) is 21.5 Å². The van der Waals surface area contributed by atoms with Crippen LogP contribution in [0.15, 0.2) is 35.3 Å². The SMILES string of the molecule is Cc1ccc(Oc2nc(CS(=O)(=O)C(C)C)nc(-c3cc(C)c(=O)n(C)c3)n2)c(C)c1. The number of aromatic nitrogens is 4. The van der Waals surface area contributed by atoms with Crippen molar-refractivity contribution in [3.05, 3.63) is 63.3 Å². The molecule has 0 amide bonds. The highest BCUT2D eigenvalue weighted by Gasteiger charge is 2.21. The van der Waals surface area contributed by atoms with Gasteiger partial charge in [0, 0.05) is 24.4 Å². The van der Waals surface area contributed by atoms with Crippen molar-refractivity contribution >= 4 is 9.84 Å². The Kier molecular flexibility index (Phi) is 6.26. The molecule has 0 aliphatic carbocycles. The molecule has 3 rings (SSSR count). The monoisotopic (exact) mass is 442 g/mol. The largest absolute Gasteiger partial charge is 0.424 e. The van der Waals surface area contributed by atoms with Gasteiger partial charge < -0.3 is 9.30 Å². The lowest BCUT2D eigenvalue weighted by molar-refractivity contribution is 0.434. The predicted octanol–water partition coefficient (Wildman–Crippen LogP) is 3.28. The number of pyridine rings is 1. The van der Waals surface area contributed by atoms with Gasteiger partial charge >= 0.3 is 6.01 Å². The zero-order valence-corrected chi connectivity index (χ0v) is 19.3. The van der Waals surface area contributed by atoms with Gasteiger partial charge in [-0.05, 0) is 52.3 Å². The Morgan fingerprint density at radius 3 is 2.35 bits per heavy atom. The van der Waals surface area contributed by atoms with E-state index < -0.39 is 15.1 Å². The Bertz CT molecular complexity index is 1270. The van der Waals surface area contributed by atoms with Crippen molar-refractivity contribution in [1.82, 2.24) is 19.5 Å². The molecule has 164 valence electrons. The molecule has 0 atom stereocenters. The van der Waals surface area contributed by atoms with E-state index in [0.29, 0.717) is 16.9 Å². The Hall–Kier alpha value is -3.07. The molecule has 0 bridgehead atoms. The van der Waals surface area contributed by atoms with Crippen LogP contribution >= 0.6 is 0 Å². The molecule has 2 heterocycles. The Balaban J connectivity index is 2.13. The molecule has 0 saturated heterocycles. The highest BCUT2D eigenvalue weighted by Crippen LogP contribution is 2.25. The first kappa shape index (κ1) is 22.6.